The molecule has 0 spiro atoms. The summed E-state index contributed by atoms with van der Waals surface area (Å²) < 4.78 is 35.3. The molecule has 1 aromatic carbocycles. The minimum Gasteiger partial charge on any atom is -0.445 e. The van der Waals surface area contributed by atoms with Crippen LogP contribution in [0.3, 0.4) is 0 Å². The van der Waals surface area contributed by atoms with E-state index >= 15 is 0 Å². The van der Waals surface area contributed by atoms with Crippen LogP contribution in [0.2, 0.25) is 0 Å². The summed E-state index contributed by atoms with van der Waals surface area (Å²) in [6, 6.07) is 9.47. The van der Waals surface area contributed by atoms with Gasteiger partial charge in [-0.25, -0.2) is 0 Å². The topological polar surface area (TPSA) is 0 Å². The van der Waals surface area contributed by atoms with Crippen LogP contribution in [0.25, 0.3) is 0 Å². The van der Waals surface area contributed by atoms with Gasteiger partial charge in [0.05, 0.1) is 0 Å². The van der Waals surface area contributed by atoms with Crippen LogP contribution in [0.5, 0.6) is 0 Å². The van der Waals surface area contributed by atoms with E-state index in [-0.39, 0.29) is 51.4 Å². The average Bonchev–Trinajstić information content (AvgIpc) is 2.13. The molecule has 0 N–H and O–H groups in total. The van der Waals surface area contributed by atoms with E-state index in [1.165, 1.54) is 6.08 Å². The fraction of sp³-hybridized carbons (Fsp3) is 0.200. The molecule has 0 heterocycles. The van der Waals surface area contributed by atoms with Gasteiger partial charge in [-0.05, 0) is 18.4 Å². The number of benzene rings is 1. The Kier molecular flexibility index (Phi) is 7.91. The zero-order valence-electron chi connectivity index (χ0n) is 8.67. The first kappa shape index (κ1) is 15.5. The third kappa shape index (κ3) is 8.28. The van der Waals surface area contributed by atoms with Crippen molar-refractivity contribution in [1.29, 1.82) is 0 Å². The first-order chi connectivity index (χ1) is 6.58. The zero-order valence-corrected chi connectivity index (χ0v) is 11.8. The van der Waals surface area contributed by atoms with E-state index in [4.69, 9.17) is 0 Å². The molecule has 76 valence electrons. The summed E-state index contributed by atoms with van der Waals surface area (Å²) in [5.41, 5.74) is 1.06. The molecule has 15 heavy (non-hydrogen) atoms. The summed E-state index contributed by atoms with van der Waals surface area (Å²) in [7, 11) is 0. The Morgan fingerprint density at radius 1 is 1.07 bits per heavy atom. The van der Waals surface area contributed by atoms with Crippen LogP contribution in [0.15, 0.2) is 42.4 Å². The second-order valence-corrected chi connectivity index (χ2v) is 3.08. The average molecular weight is 238 g/mol. The van der Waals surface area contributed by atoms with Crippen molar-refractivity contribution in [1.82, 2.24) is 0 Å². The van der Waals surface area contributed by atoms with Gasteiger partial charge < -0.3 is 12.9 Å². The number of halogens is 3. The van der Waals surface area contributed by atoms with E-state index in [1.807, 2.05) is 30.3 Å². The Morgan fingerprint density at radius 3 is 2.20 bits per heavy atom. The number of aryl methyl sites for hydroxylation is 1. The summed E-state index contributed by atoms with van der Waals surface area (Å²) in [6.45, 7) is -4.77. The molecule has 0 aliphatic carbocycles. The smallest absolute Gasteiger partial charge is 0.445 e. The summed E-state index contributed by atoms with van der Waals surface area (Å²) >= 11 is 0. The van der Waals surface area contributed by atoms with Crippen molar-refractivity contribution in [2.24, 2.45) is 0 Å². The van der Waals surface area contributed by atoms with E-state index in [0.29, 0.717) is 18.8 Å². The maximum atomic E-state index is 11.8. The molecule has 5 heteroatoms. The predicted octanol–water partition coefficient (Wildman–Crippen LogP) is 0.566. The maximum Gasteiger partial charge on any atom is 1.00 e. The van der Waals surface area contributed by atoms with E-state index < -0.39 is 6.98 Å². The third-order valence-electron chi connectivity index (χ3n) is 1.80. The number of allylic oxidation sites excluding steroid dienone is 1. The minimum atomic E-state index is -4.77. The van der Waals surface area contributed by atoms with Crippen LogP contribution < -0.4 is 51.4 Å². The first-order valence-corrected chi connectivity index (χ1v) is 4.49. The van der Waals surface area contributed by atoms with Gasteiger partial charge in [0, 0.05) is 0 Å². The molecule has 0 nitrogen and oxygen atoms in total. The fourth-order valence-electron chi connectivity index (χ4n) is 1.15. The molecule has 0 atom stereocenters. The molecule has 1 aromatic rings. The second kappa shape index (κ2) is 7.68. The van der Waals surface area contributed by atoms with E-state index in [1.54, 1.807) is 0 Å². The summed E-state index contributed by atoms with van der Waals surface area (Å²) in [4.78, 5) is 0. The van der Waals surface area contributed by atoms with Gasteiger partial charge >= 0.3 is 58.4 Å². The molecule has 0 saturated carbocycles. The Hall–Kier alpha value is 0.451. The van der Waals surface area contributed by atoms with Crippen LogP contribution in [-0.4, -0.2) is 6.98 Å². The van der Waals surface area contributed by atoms with Crippen LogP contribution in [0, 0.1) is 0 Å². The molecule has 0 radical (unpaired) electrons. The molecule has 0 fully saturated rings. The normalized spacial score (nSPS) is 11.4. The molecule has 0 aliphatic heterocycles. The van der Waals surface area contributed by atoms with Gasteiger partial charge in [-0.15, -0.1) is 12.1 Å². The maximum absolute atomic E-state index is 11.8. The monoisotopic (exact) mass is 238 g/mol. The second-order valence-electron chi connectivity index (χ2n) is 3.08. The van der Waals surface area contributed by atoms with Gasteiger partial charge in [-0.3, -0.25) is 0 Å². The molecular weight excluding hydrogens is 227 g/mol. The molecule has 0 saturated heterocycles. The Morgan fingerprint density at radius 2 is 1.67 bits per heavy atom. The van der Waals surface area contributed by atoms with Crippen LogP contribution in [-0.2, 0) is 6.42 Å². The molecule has 1 rings (SSSR count). The Bertz CT molecular complexity index is 295. The van der Waals surface area contributed by atoms with Gasteiger partial charge in [0.2, 0.25) is 0 Å². The van der Waals surface area contributed by atoms with Gasteiger partial charge in [-0.1, -0.05) is 30.3 Å². The van der Waals surface area contributed by atoms with Crippen molar-refractivity contribution in [3.63, 3.8) is 0 Å². The number of hydrogen-bond acceptors (Lipinski definition) is 0. The zero-order chi connectivity index (χ0) is 10.4. The minimum absolute atomic E-state index is 0. The molecular formula is C10H11BF3K. The van der Waals surface area contributed by atoms with Crippen LogP contribution >= 0.6 is 0 Å². The number of hydrogen-bond donors (Lipinski definition) is 0. The quantitative estimate of drug-likeness (QED) is 0.672. The van der Waals surface area contributed by atoms with Gasteiger partial charge in [0.25, 0.3) is 0 Å². The standard InChI is InChI=1S/C10H11BF3.K/c12-11(13,14)9-5-4-8-10-6-2-1-3-7-10;/h1-3,5-7,9H,4,8H2;/q-1;+1/b9-5-;. The molecule has 0 unspecified atom stereocenters. The van der Waals surface area contributed by atoms with E-state index in [0.717, 1.165) is 5.56 Å². The van der Waals surface area contributed by atoms with Crippen LogP contribution in [0.1, 0.15) is 12.0 Å². The van der Waals surface area contributed by atoms with Gasteiger partial charge in [0.1, 0.15) is 0 Å². The first-order valence-electron chi connectivity index (χ1n) is 4.49. The SMILES string of the molecule is F[B-](F)(F)/C=C\CCc1ccccc1.[K+]. The molecule has 0 aromatic heterocycles. The predicted molar refractivity (Wildman–Crippen MR) is 53.0 cm³/mol. The molecule has 0 bridgehead atoms. The third-order valence-corrected chi connectivity index (χ3v) is 1.80. The number of rotatable bonds is 4. The molecule has 0 aliphatic rings. The summed E-state index contributed by atoms with van der Waals surface area (Å²) in [5.74, 6) is 0.350. The van der Waals surface area contributed by atoms with E-state index in [2.05, 4.69) is 0 Å². The largest absolute Gasteiger partial charge is 1.00 e. The Labute approximate surface area is 130 Å². The van der Waals surface area contributed by atoms with Crippen molar-refractivity contribution < 1.29 is 64.3 Å². The van der Waals surface area contributed by atoms with Crippen molar-refractivity contribution in [3.8, 4) is 0 Å². The molecule has 0 amide bonds. The Balaban J connectivity index is 0.00000196. The summed E-state index contributed by atoms with van der Waals surface area (Å²) in [5, 5.41) is 0. The fourth-order valence-corrected chi connectivity index (χ4v) is 1.15. The van der Waals surface area contributed by atoms with E-state index in [9.17, 15) is 12.9 Å². The van der Waals surface area contributed by atoms with Crippen molar-refractivity contribution >= 4 is 6.98 Å². The summed E-state index contributed by atoms with van der Waals surface area (Å²) in [6.07, 6.45) is 2.28. The van der Waals surface area contributed by atoms with Crippen LogP contribution in [0.4, 0.5) is 12.9 Å². The van der Waals surface area contributed by atoms with Gasteiger partial charge in [-0.2, -0.15) is 0 Å². The van der Waals surface area contributed by atoms with Gasteiger partial charge in [0.15, 0.2) is 0 Å². The van der Waals surface area contributed by atoms with Crippen molar-refractivity contribution in [3.05, 3.63) is 47.9 Å². The van der Waals surface area contributed by atoms with Crippen molar-refractivity contribution in [2.75, 3.05) is 0 Å². The van der Waals surface area contributed by atoms with Crippen molar-refractivity contribution in [2.45, 2.75) is 12.8 Å².